The number of aromatic hydroxyl groups is 1. The summed E-state index contributed by atoms with van der Waals surface area (Å²) < 4.78 is 1.02. The van der Waals surface area contributed by atoms with E-state index in [-0.39, 0.29) is 16.9 Å². The highest BCUT2D eigenvalue weighted by Gasteiger charge is 2.20. The van der Waals surface area contributed by atoms with Crippen LogP contribution in [0, 0.1) is 0 Å². The van der Waals surface area contributed by atoms with Crippen LogP contribution in [0.1, 0.15) is 6.92 Å². The lowest BCUT2D eigenvalue weighted by molar-refractivity contribution is -0.115. The Labute approximate surface area is 184 Å². The van der Waals surface area contributed by atoms with Gasteiger partial charge in [-0.25, -0.2) is 9.97 Å². The Morgan fingerprint density at radius 3 is 2.59 bits per heavy atom. The maximum absolute atomic E-state index is 12.6. The Morgan fingerprint density at radius 1 is 1.14 bits per heavy atom. The van der Waals surface area contributed by atoms with Gasteiger partial charge in [-0.2, -0.15) is 0 Å². The van der Waals surface area contributed by atoms with Crippen LogP contribution in [0.25, 0.3) is 21.3 Å². The number of hydrogen-bond acceptors (Lipinski definition) is 6. The largest absolute Gasteiger partial charge is 0.508 e. The van der Waals surface area contributed by atoms with Crippen LogP contribution in [-0.4, -0.2) is 26.2 Å². The number of halogens is 1. The Bertz CT molecular complexity index is 1160. The molecule has 0 fully saturated rings. The second-order valence-electron chi connectivity index (χ2n) is 6.31. The van der Waals surface area contributed by atoms with Crippen LogP contribution < -0.4 is 5.32 Å². The van der Waals surface area contributed by atoms with Gasteiger partial charge in [0.2, 0.25) is 5.91 Å². The van der Waals surface area contributed by atoms with E-state index in [0.29, 0.717) is 5.69 Å². The molecule has 0 aliphatic rings. The molecular weight excluding hydrogens is 470 g/mol. The minimum atomic E-state index is -0.362. The summed E-state index contributed by atoms with van der Waals surface area (Å²) in [5.41, 5.74) is 2.78. The highest BCUT2D eigenvalue weighted by molar-refractivity contribution is 9.10. The van der Waals surface area contributed by atoms with E-state index in [9.17, 15) is 9.90 Å². The van der Waals surface area contributed by atoms with Gasteiger partial charge in [0.15, 0.2) is 0 Å². The van der Waals surface area contributed by atoms with Crippen molar-refractivity contribution >= 4 is 60.8 Å². The zero-order chi connectivity index (χ0) is 20.4. The molecule has 4 aromatic rings. The summed E-state index contributed by atoms with van der Waals surface area (Å²) in [5, 5.41) is 15.7. The molecule has 0 aliphatic heterocycles. The zero-order valence-corrected chi connectivity index (χ0v) is 18.5. The molecule has 4 rings (SSSR count). The van der Waals surface area contributed by atoms with Crippen LogP contribution >= 0.6 is 39.0 Å². The number of aromatic nitrogens is 2. The maximum Gasteiger partial charge on any atom is 0.237 e. The maximum atomic E-state index is 12.6. The van der Waals surface area contributed by atoms with Gasteiger partial charge in [0.1, 0.15) is 21.9 Å². The van der Waals surface area contributed by atoms with E-state index in [1.165, 1.54) is 30.2 Å². The molecule has 1 atom stereocenters. The number of nitrogens with one attached hydrogen (secondary N) is 1. The monoisotopic (exact) mass is 485 g/mol. The molecule has 2 aromatic carbocycles. The fraction of sp³-hybridized carbons (Fsp3) is 0.0952. The third-order valence-electron chi connectivity index (χ3n) is 4.28. The number of nitrogens with zero attached hydrogens (tertiary/aromatic N) is 2. The fourth-order valence-electron chi connectivity index (χ4n) is 2.79. The van der Waals surface area contributed by atoms with E-state index in [0.717, 1.165) is 30.8 Å². The number of rotatable bonds is 5. The summed E-state index contributed by atoms with van der Waals surface area (Å²) in [7, 11) is 0. The Balaban J connectivity index is 1.60. The van der Waals surface area contributed by atoms with Gasteiger partial charge in [-0.1, -0.05) is 39.8 Å². The lowest BCUT2D eigenvalue weighted by atomic mass is 10.1. The summed E-state index contributed by atoms with van der Waals surface area (Å²) in [4.78, 5) is 22.4. The number of anilines is 1. The molecule has 29 heavy (non-hydrogen) atoms. The predicted octanol–water partition coefficient (Wildman–Crippen LogP) is 5.95. The van der Waals surface area contributed by atoms with Crippen molar-refractivity contribution in [2.75, 3.05) is 5.32 Å². The van der Waals surface area contributed by atoms with Crippen molar-refractivity contribution in [3.8, 4) is 16.9 Å². The first-order valence-corrected chi connectivity index (χ1v) is 11.3. The molecule has 5 nitrogen and oxygen atoms in total. The third-order valence-corrected chi connectivity index (χ3v) is 6.80. The number of phenolic OH excluding ortho intramolecular Hbond substituents is 1. The van der Waals surface area contributed by atoms with Crippen molar-refractivity contribution in [1.29, 1.82) is 0 Å². The second-order valence-corrected chi connectivity index (χ2v) is 9.41. The van der Waals surface area contributed by atoms with Gasteiger partial charge < -0.3 is 10.4 Å². The highest BCUT2D eigenvalue weighted by Crippen LogP contribution is 2.39. The fourth-order valence-corrected chi connectivity index (χ4v) is 4.97. The molecule has 146 valence electrons. The third kappa shape index (κ3) is 4.44. The predicted molar refractivity (Wildman–Crippen MR) is 123 cm³/mol. The van der Waals surface area contributed by atoms with Crippen molar-refractivity contribution in [3.05, 3.63) is 64.7 Å². The first-order chi connectivity index (χ1) is 14.0. The van der Waals surface area contributed by atoms with E-state index >= 15 is 0 Å². The van der Waals surface area contributed by atoms with E-state index in [4.69, 9.17) is 0 Å². The van der Waals surface area contributed by atoms with Crippen molar-refractivity contribution < 1.29 is 9.90 Å². The van der Waals surface area contributed by atoms with Crippen molar-refractivity contribution in [2.45, 2.75) is 17.2 Å². The van der Waals surface area contributed by atoms with Gasteiger partial charge in [-0.05, 0) is 48.9 Å². The average Bonchev–Trinajstić information content (AvgIpc) is 3.15. The molecule has 0 saturated heterocycles. The Hall–Kier alpha value is -2.42. The molecule has 1 unspecified atom stereocenters. The number of thioether (sulfide) groups is 1. The van der Waals surface area contributed by atoms with Crippen LogP contribution in [0.15, 0.2) is 69.7 Å². The molecule has 0 bridgehead atoms. The highest BCUT2D eigenvalue weighted by atomic mass is 79.9. The quantitative estimate of drug-likeness (QED) is 0.207. The van der Waals surface area contributed by atoms with E-state index in [1.807, 2.05) is 31.2 Å². The van der Waals surface area contributed by atoms with Crippen LogP contribution in [0.2, 0.25) is 0 Å². The number of benzene rings is 2. The van der Waals surface area contributed by atoms with Gasteiger partial charge in [0.25, 0.3) is 0 Å². The lowest BCUT2D eigenvalue weighted by Crippen LogP contribution is -2.22. The molecule has 2 heterocycles. The second kappa shape index (κ2) is 8.52. The van der Waals surface area contributed by atoms with Crippen LogP contribution in [0.5, 0.6) is 5.75 Å². The van der Waals surface area contributed by atoms with Gasteiger partial charge in [0, 0.05) is 21.1 Å². The van der Waals surface area contributed by atoms with E-state index in [2.05, 4.69) is 36.6 Å². The number of phenols is 1. The smallest absolute Gasteiger partial charge is 0.237 e. The van der Waals surface area contributed by atoms with Crippen LogP contribution in [-0.2, 0) is 4.79 Å². The summed E-state index contributed by atoms with van der Waals surface area (Å²) >= 11 is 6.44. The molecule has 8 heteroatoms. The van der Waals surface area contributed by atoms with Gasteiger partial charge in [-0.3, -0.25) is 4.79 Å². The average molecular weight is 486 g/mol. The number of thiophene rings is 1. The first kappa shape index (κ1) is 19.9. The molecule has 0 saturated carbocycles. The summed E-state index contributed by atoms with van der Waals surface area (Å²) in [6, 6.07) is 14.5. The molecule has 0 spiro atoms. The lowest BCUT2D eigenvalue weighted by Gasteiger charge is -2.13. The van der Waals surface area contributed by atoms with E-state index in [1.54, 1.807) is 23.5 Å². The Morgan fingerprint density at radius 2 is 1.86 bits per heavy atom. The van der Waals surface area contributed by atoms with Crippen molar-refractivity contribution in [1.82, 2.24) is 9.97 Å². The molecule has 0 radical (unpaired) electrons. The van der Waals surface area contributed by atoms with E-state index < -0.39 is 0 Å². The Kier molecular flexibility index (Phi) is 5.84. The standard InChI is InChI=1S/C21H16BrN3O2S2/c1-12(19(27)25-15-6-8-16(26)9-7-15)29-21-18-17(10-28-20(18)23-11-24-21)13-2-4-14(22)5-3-13/h2-12,26H,1H3,(H,25,27). The molecule has 0 aliphatic carbocycles. The number of hydrogen-bond donors (Lipinski definition) is 2. The minimum Gasteiger partial charge on any atom is -0.508 e. The van der Waals surface area contributed by atoms with Gasteiger partial charge in [0.05, 0.1) is 10.6 Å². The molecular formula is C21H16BrN3O2S2. The van der Waals surface area contributed by atoms with Gasteiger partial charge >= 0.3 is 0 Å². The topological polar surface area (TPSA) is 75.1 Å². The number of amides is 1. The minimum absolute atomic E-state index is 0.132. The zero-order valence-electron chi connectivity index (χ0n) is 15.3. The van der Waals surface area contributed by atoms with Crippen LogP contribution in [0.4, 0.5) is 5.69 Å². The summed E-state index contributed by atoms with van der Waals surface area (Å²) in [6.45, 7) is 1.85. The SMILES string of the molecule is CC(Sc1ncnc2scc(-c3ccc(Br)cc3)c12)C(=O)Nc1ccc(O)cc1. The summed E-state index contributed by atoms with van der Waals surface area (Å²) in [6.07, 6.45) is 1.54. The first-order valence-electron chi connectivity index (χ1n) is 8.76. The van der Waals surface area contributed by atoms with Crippen molar-refractivity contribution in [3.63, 3.8) is 0 Å². The number of carbonyl (C=O) groups is 1. The number of carbonyl (C=O) groups excluding carboxylic acids is 1. The summed E-state index contributed by atoms with van der Waals surface area (Å²) in [5.74, 6) is 0.0274. The van der Waals surface area contributed by atoms with Crippen molar-refractivity contribution in [2.24, 2.45) is 0 Å². The molecule has 2 aromatic heterocycles. The van der Waals surface area contributed by atoms with Gasteiger partial charge in [-0.15, -0.1) is 11.3 Å². The normalized spacial score (nSPS) is 12.1. The number of fused-ring (bicyclic) bond motifs is 1. The molecule has 1 amide bonds. The molecule has 2 N–H and O–H groups in total. The van der Waals surface area contributed by atoms with Crippen LogP contribution in [0.3, 0.4) is 0 Å².